The van der Waals surface area contributed by atoms with Crippen molar-refractivity contribution in [3.8, 4) is 5.75 Å². The number of likely N-dealkylation sites (N-methyl/N-ethyl adjacent to an activating group) is 1. The van der Waals surface area contributed by atoms with Crippen LogP contribution in [0.15, 0.2) is 59.4 Å². The van der Waals surface area contributed by atoms with E-state index in [-0.39, 0.29) is 39.0 Å². The Morgan fingerprint density at radius 1 is 1.11 bits per heavy atom. The van der Waals surface area contributed by atoms with E-state index in [0.29, 0.717) is 31.1 Å². The van der Waals surface area contributed by atoms with Crippen LogP contribution < -0.4 is 20.8 Å². The number of carbonyl (C=O) groups is 1. The number of nitrogens with zero attached hydrogens (tertiary/aromatic N) is 2. The van der Waals surface area contributed by atoms with Crippen LogP contribution in [0.5, 0.6) is 5.75 Å². The molecule has 0 aliphatic carbocycles. The fourth-order valence-electron chi connectivity index (χ4n) is 4.05. The predicted octanol–water partition coefficient (Wildman–Crippen LogP) is 3.50. The van der Waals surface area contributed by atoms with Crippen molar-refractivity contribution in [1.29, 1.82) is 0 Å². The standard InChI is InChI=1S/C26H27N5O5/c1-30(2)13-12-27-26(33)19-10-11-20(28-15-16-6-4-7-17(14-16)36-3)22-24(19)29-23-18(25(22)32)8-5-9-21(23)31(34)35/h4-11,14,28H,12-13,15H2,1-3H3,(H,27,33)(H,29,32). The lowest BCUT2D eigenvalue weighted by Crippen LogP contribution is -2.31. The van der Waals surface area contributed by atoms with Crippen molar-refractivity contribution in [2.45, 2.75) is 6.54 Å². The number of fused-ring (bicyclic) bond motifs is 2. The fourth-order valence-corrected chi connectivity index (χ4v) is 4.05. The largest absolute Gasteiger partial charge is 0.497 e. The van der Waals surface area contributed by atoms with Gasteiger partial charge in [-0.2, -0.15) is 0 Å². The maximum atomic E-state index is 13.6. The second-order valence-corrected chi connectivity index (χ2v) is 8.59. The van der Waals surface area contributed by atoms with Gasteiger partial charge >= 0.3 is 0 Å². The van der Waals surface area contributed by atoms with E-state index in [1.165, 1.54) is 18.2 Å². The molecule has 0 saturated heterocycles. The van der Waals surface area contributed by atoms with Crippen LogP contribution in [0.3, 0.4) is 0 Å². The second kappa shape index (κ2) is 10.4. The number of hydrogen-bond acceptors (Lipinski definition) is 7. The summed E-state index contributed by atoms with van der Waals surface area (Å²) in [6.07, 6.45) is 0. The molecule has 0 unspecified atom stereocenters. The molecule has 186 valence electrons. The fraction of sp³-hybridized carbons (Fsp3) is 0.231. The molecule has 3 N–H and O–H groups in total. The molecule has 10 heteroatoms. The summed E-state index contributed by atoms with van der Waals surface area (Å²) >= 11 is 0. The van der Waals surface area contributed by atoms with Gasteiger partial charge in [-0.05, 0) is 50.0 Å². The summed E-state index contributed by atoms with van der Waals surface area (Å²) in [5.74, 6) is 0.329. The van der Waals surface area contributed by atoms with E-state index in [9.17, 15) is 19.7 Å². The summed E-state index contributed by atoms with van der Waals surface area (Å²) in [6, 6.07) is 15.1. The summed E-state index contributed by atoms with van der Waals surface area (Å²) in [7, 11) is 5.38. The number of pyridine rings is 1. The first-order chi connectivity index (χ1) is 17.3. The zero-order valence-electron chi connectivity index (χ0n) is 20.3. The Morgan fingerprint density at radius 3 is 2.61 bits per heavy atom. The normalized spacial score (nSPS) is 11.1. The van der Waals surface area contributed by atoms with Gasteiger partial charge < -0.3 is 25.3 Å². The van der Waals surface area contributed by atoms with Gasteiger partial charge in [-0.3, -0.25) is 19.7 Å². The monoisotopic (exact) mass is 489 g/mol. The number of nitrogens with one attached hydrogen (secondary N) is 3. The van der Waals surface area contributed by atoms with E-state index in [1.54, 1.807) is 19.2 Å². The number of para-hydroxylation sites is 1. The van der Waals surface area contributed by atoms with E-state index in [1.807, 2.05) is 43.3 Å². The number of aromatic amines is 1. The molecular weight excluding hydrogens is 462 g/mol. The van der Waals surface area contributed by atoms with Crippen LogP contribution in [-0.2, 0) is 6.54 Å². The van der Waals surface area contributed by atoms with Crippen molar-refractivity contribution in [2.75, 3.05) is 39.6 Å². The minimum Gasteiger partial charge on any atom is -0.497 e. The van der Waals surface area contributed by atoms with E-state index in [4.69, 9.17) is 4.74 Å². The van der Waals surface area contributed by atoms with E-state index in [0.717, 1.165) is 5.56 Å². The number of methoxy groups -OCH3 is 1. The minimum atomic E-state index is -0.550. The number of nitro groups is 1. The molecule has 3 aromatic carbocycles. The number of non-ortho nitro benzene ring substituents is 1. The Morgan fingerprint density at radius 2 is 1.89 bits per heavy atom. The first-order valence-corrected chi connectivity index (χ1v) is 11.4. The minimum absolute atomic E-state index is 0.0762. The van der Waals surface area contributed by atoms with Crippen LogP contribution in [0, 0.1) is 10.1 Å². The summed E-state index contributed by atoms with van der Waals surface area (Å²) < 4.78 is 5.28. The summed E-state index contributed by atoms with van der Waals surface area (Å²) in [6.45, 7) is 1.43. The van der Waals surface area contributed by atoms with Gasteiger partial charge in [-0.1, -0.05) is 18.2 Å². The molecule has 4 aromatic rings. The Kier molecular flexibility index (Phi) is 7.16. The molecule has 0 bridgehead atoms. The molecule has 0 aliphatic heterocycles. The molecule has 0 radical (unpaired) electrons. The molecule has 1 amide bonds. The number of anilines is 1. The lowest BCUT2D eigenvalue weighted by Gasteiger charge is -2.15. The zero-order chi connectivity index (χ0) is 25.8. The maximum Gasteiger partial charge on any atom is 0.293 e. The maximum absolute atomic E-state index is 13.6. The Balaban J connectivity index is 1.85. The SMILES string of the molecule is COc1cccc(CNc2ccc(C(=O)NCCN(C)C)c3[nH]c4c([N+](=O)[O-])cccc4c(=O)c23)c1. The number of rotatable bonds is 9. The average Bonchev–Trinajstić information content (AvgIpc) is 2.86. The molecular formula is C26H27N5O5. The predicted molar refractivity (Wildman–Crippen MR) is 140 cm³/mol. The van der Waals surface area contributed by atoms with Gasteiger partial charge in [0.25, 0.3) is 11.6 Å². The van der Waals surface area contributed by atoms with E-state index >= 15 is 0 Å². The zero-order valence-corrected chi connectivity index (χ0v) is 20.3. The highest BCUT2D eigenvalue weighted by Crippen LogP contribution is 2.29. The summed E-state index contributed by atoms with van der Waals surface area (Å²) in [4.78, 5) is 42.7. The molecule has 0 atom stereocenters. The third-order valence-electron chi connectivity index (χ3n) is 5.87. The van der Waals surface area contributed by atoms with Crippen LogP contribution in [0.2, 0.25) is 0 Å². The third-order valence-corrected chi connectivity index (χ3v) is 5.87. The van der Waals surface area contributed by atoms with Crippen LogP contribution >= 0.6 is 0 Å². The molecule has 1 heterocycles. The van der Waals surface area contributed by atoms with Crippen molar-refractivity contribution in [1.82, 2.24) is 15.2 Å². The van der Waals surface area contributed by atoms with Gasteiger partial charge in [-0.15, -0.1) is 0 Å². The van der Waals surface area contributed by atoms with Gasteiger partial charge in [0.2, 0.25) is 0 Å². The van der Waals surface area contributed by atoms with Crippen LogP contribution in [0.1, 0.15) is 15.9 Å². The highest BCUT2D eigenvalue weighted by atomic mass is 16.6. The number of H-pyrrole nitrogens is 1. The molecule has 36 heavy (non-hydrogen) atoms. The Hall–Kier alpha value is -4.44. The van der Waals surface area contributed by atoms with Crippen LogP contribution in [0.25, 0.3) is 21.8 Å². The van der Waals surface area contributed by atoms with Crippen molar-refractivity contribution in [3.05, 3.63) is 86.1 Å². The number of aromatic nitrogens is 1. The van der Waals surface area contributed by atoms with Gasteiger partial charge in [-0.25, -0.2) is 0 Å². The molecule has 4 rings (SSSR count). The molecule has 0 spiro atoms. The van der Waals surface area contributed by atoms with Gasteiger partial charge in [0.1, 0.15) is 11.3 Å². The number of nitro benzene ring substituents is 1. The molecule has 0 saturated carbocycles. The number of amides is 1. The first-order valence-electron chi connectivity index (χ1n) is 11.4. The lowest BCUT2D eigenvalue weighted by atomic mass is 10.0. The number of benzene rings is 3. The highest BCUT2D eigenvalue weighted by molar-refractivity contribution is 6.11. The molecule has 1 aromatic heterocycles. The molecule has 0 fully saturated rings. The summed E-state index contributed by atoms with van der Waals surface area (Å²) in [5.41, 5.74) is 1.34. The smallest absolute Gasteiger partial charge is 0.293 e. The van der Waals surface area contributed by atoms with Gasteiger partial charge in [0, 0.05) is 31.4 Å². The number of ether oxygens (including phenoxy) is 1. The van der Waals surface area contributed by atoms with E-state index < -0.39 is 10.4 Å². The van der Waals surface area contributed by atoms with Gasteiger partial charge in [0.15, 0.2) is 5.43 Å². The van der Waals surface area contributed by atoms with Gasteiger partial charge in [0.05, 0.1) is 33.9 Å². The van der Waals surface area contributed by atoms with E-state index in [2.05, 4.69) is 15.6 Å². The summed E-state index contributed by atoms with van der Waals surface area (Å²) in [5, 5.41) is 18.2. The van der Waals surface area contributed by atoms with Crippen LogP contribution in [-0.4, -0.2) is 55.0 Å². The van der Waals surface area contributed by atoms with Crippen molar-refractivity contribution in [3.63, 3.8) is 0 Å². The Labute approximate surface area is 207 Å². The number of carbonyl (C=O) groups excluding carboxylic acids is 1. The quantitative estimate of drug-likeness (QED) is 0.186. The first kappa shape index (κ1) is 24.7. The topological polar surface area (TPSA) is 130 Å². The number of hydrogen-bond donors (Lipinski definition) is 3. The van der Waals surface area contributed by atoms with Crippen molar-refractivity contribution >= 4 is 39.1 Å². The van der Waals surface area contributed by atoms with Crippen molar-refractivity contribution < 1.29 is 14.5 Å². The Bertz CT molecular complexity index is 1510. The molecule has 0 aliphatic rings. The average molecular weight is 490 g/mol. The second-order valence-electron chi connectivity index (χ2n) is 8.59. The highest BCUT2D eigenvalue weighted by Gasteiger charge is 2.21. The lowest BCUT2D eigenvalue weighted by molar-refractivity contribution is -0.383. The van der Waals surface area contributed by atoms with Crippen LogP contribution in [0.4, 0.5) is 11.4 Å². The van der Waals surface area contributed by atoms with Crippen molar-refractivity contribution in [2.24, 2.45) is 0 Å². The molecule has 10 nitrogen and oxygen atoms in total. The third kappa shape index (κ3) is 4.98.